The van der Waals surface area contributed by atoms with Crippen LogP contribution >= 0.6 is 0 Å². The number of hydrogen-bond acceptors (Lipinski definition) is 3. The SMILES string of the molecule is NCC#Cc1cc(F)ccc1Cn1ccc(=O)[nH]c1=O. The summed E-state index contributed by atoms with van der Waals surface area (Å²) in [5.41, 5.74) is 5.44. The summed E-state index contributed by atoms with van der Waals surface area (Å²) >= 11 is 0. The quantitative estimate of drug-likeness (QED) is 0.758. The minimum absolute atomic E-state index is 0.161. The van der Waals surface area contributed by atoms with Gasteiger partial charge in [0.1, 0.15) is 5.82 Å². The fourth-order valence-corrected chi connectivity index (χ4v) is 1.70. The van der Waals surface area contributed by atoms with Crippen molar-refractivity contribution in [3.05, 3.63) is 68.2 Å². The molecule has 5 nitrogen and oxygen atoms in total. The first-order chi connectivity index (χ1) is 9.60. The normalized spacial score (nSPS) is 9.90. The van der Waals surface area contributed by atoms with Crippen LogP contribution in [0.25, 0.3) is 0 Å². The molecule has 0 saturated heterocycles. The van der Waals surface area contributed by atoms with E-state index in [0.717, 1.165) is 0 Å². The molecule has 0 bridgehead atoms. The minimum atomic E-state index is -0.528. The van der Waals surface area contributed by atoms with Crippen molar-refractivity contribution in [1.29, 1.82) is 0 Å². The van der Waals surface area contributed by atoms with E-state index in [-0.39, 0.29) is 13.1 Å². The summed E-state index contributed by atoms with van der Waals surface area (Å²) in [4.78, 5) is 24.8. The lowest BCUT2D eigenvalue weighted by Gasteiger charge is -2.07. The average Bonchev–Trinajstić information content (AvgIpc) is 2.41. The van der Waals surface area contributed by atoms with Crippen LogP contribution in [-0.2, 0) is 6.54 Å². The standard InChI is InChI=1S/C14H12FN3O2/c15-12-4-3-11(10(8-12)2-1-6-16)9-18-7-5-13(19)17-14(18)20/h3-5,7-8H,6,9,16H2,(H,17,19,20). The highest BCUT2D eigenvalue weighted by Gasteiger charge is 2.05. The van der Waals surface area contributed by atoms with Crippen molar-refractivity contribution in [2.75, 3.05) is 6.54 Å². The topological polar surface area (TPSA) is 80.9 Å². The first kappa shape index (κ1) is 13.8. The van der Waals surface area contributed by atoms with E-state index in [2.05, 4.69) is 16.8 Å². The third-order valence-electron chi connectivity index (χ3n) is 2.63. The Labute approximate surface area is 113 Å². The molecular weight excluding hydrogens is 261 g/mol. The van der Waals surface area contributed by atoms with E-state index < -0.39 is 17.1 Å². The summed E-state index contributed by atoms with van der Waals surface area (Å²) in [6.45, 7) is 0.346. The molecule has 0 radical (unpaired) electrons. The monoisotopic (exact) mass is 273 g/mol. The van der Waals surface area contributed by atoms with E-state index in [1.807, 2.05) is 0 Å². The van der Waals surface area contributed by atoms with Gasteiger partial charge in [0, 0.05) is 17.8 Å². The number of aromatic amines is 1. The molecule has 2 aromatic rings. The summed E-state index contributed by atoms with van der Waals surface area (Å²) in [7, 11) is 0. The smallest absolute Gasteiger partial charge is 0.320 e. The van der Waals surface area contributed by atoms with Crippen LogP contribution in [0.3, 0.4) is 0 Å². The maximum Gasteiger partial charge on any atom is 0.328 e. The molecule has 0 fully saturated rings. The molecule has 2 rings (SSSR count). The van der Waals surface area contributed by atoms with Crippen LogP contribution in [0.4, 0.5) is 4.39 Å². The Kier molecular flexibility index (Phi) is 4.13. The highest BCUT2D eigenvalue weighted by molar-refractivity contribution is 5.42. The molecule has 1 heterocycles. The number of nitrogens with two attached hydrogens (primary N) is 1. The van der Waals surface area contributed by atoms with Crippen LogP contribution in [0.5, 0.6) is 0 Å². The third kappa shape index (κ3) is 3.22. The Bertz CT molecular complexity index is 796. The van der Waals surface area contributed by atoms with Gasteiger partial charge in [-0.1, -0.05) is 17.9 Å². The predicted octanol–water partition coefficient (Wildman–Crippen LogP) is 0.0342. The van der Waals surface area contributed by atoms with Gasteiger partial charge in [0.25, 0.3) is 5.56 Å². The van der Waals surface area contributed by atoms with Crippen LogP contribution in [0.2, 0.25) is 0 Å². The Balaban J connectivity index is 2.42. The van der Waals surface area contributed by atoms with Crippen molar-refractivity contribution in [3.63, 3.8) is 0 Å². The molecule has 102 valence electrons. The first-order valence-corrected chi connectivity index (χ1v) is 5.87. The lowest BCUT2D eigenvalue weighted by Crippen LogP contribution is -2.29. The van der Waals surface area contributed by atoms with E-state index in [0.29, 0.717) is 11.1 Å². The molecule has 0 saturated carbocycles. The molecule has 0 aliphatic heterocycles. The largest absolute Gasteiger partial charge is 0.328 e. The van der Waals surface area contributed by atoms with Gasteiger partial charge < -0.3 is 5.73 Å². The summed E-state index contributed by atoms with van der Waals surface area (Å²) in [6.07, 6.45) is 1.38. The minimum Gasteiger partial charge on any atom is -0.320 e. The van der Waals surface area contributed by atoms with Crippen molar-refractivity contribution in [1.82, 2.24) is 9.55 Å². The number of halogens is 1. The first-order valence-electron chi connectivity index (χ1n) is 5.87. The molecule has 0 aliphatic rings. The number of H-pyrrole nitrogens is 1. The van der Waals surface area contributed by atoms with E-state index in [4.69, 9.17) is 5.73 Å². The fraction of sp³-hybridized carbons (Fsp3) is 0.143. The van der Waals surface area contributed by atoms with E-state index in [9.17, 15) is 14.0 Å². The van der Waals surface area contributed by atoms with Gasteiger partial charge in [0.15, 0.2) is 0 Å². The second kappa shape index (κ2) is 5.99. The predicted molar refractivity (Wildman–Crippen MR) is 72.8 cm³/mol. The zero-order valence-corrected chi connectivity index (χ0v) is 10.5. The molecule has 20 heavy (non-hydrogen) atoms. The van der Waals surface area contributed by atoms with Gasteiger partial charge in [-0.3, -0.25) is 14.3 Å². The van der Waals surface area contributed by atoms with E-state index in [1.54, 1.807) is 6.07 Å². The molecule has 0 spiro atoms. The molecule has 0 unspecified atom stereocenters. The van der Waals surface area contributed by atoms with Gasteiger partial charge in [-0.15, -0.1) is 0 Å². The third-order valence-corrected chi connectivity index (χ3v) is 2.63. The van der Waals surface area contributed by atoms with Crippen molar-refractivity contribution in [2.45, 2.75) is 6.54 Å². The number of nitrogens with zero attached hydrogens (tertiary/aromatic N) is 1. The Morgan fingerprint density at radius 2 is 2.10 bits per heavy atom. The number of rotatable bonds is 2. The number of benzene rings is 1. The van der Waals surface area contributed by atoms with Crippen LogP contribution in [-0.4, -0.2) is 16.1 Å². The molecule has 0 atom stereocenters. The van der Waals surface area contributed by atoms with Crippen LogP contribution in [0.1, 0.15) is 11.1 Å². The molecule has 1 aromatic carbocycles. The lowest BCUT2D eigenvalue weighted by atomic mass is 10.1. The van der Waals surface area contributed by atoms with Gasteiger partial charge in [-0.25, -0.2) is 9.18 Å². The summed E-state index contributed by atoms with van der Waals surface area (Å²) in [6, 6.07) is 5.37. The summed E-state index contributed by atoms with van der Waals surface area (Å²) in [5, 5.41) is 0. The Morgan fingerprint density at radius 1 is 1.30 bits per heavy atom. The molecule has 3 N–H and O–H groups in total. The van der Waals surface area contributed by atoms with Crippen LogP contribution in [0.15, 0.2) is 40.1 Å². The number of nitrogens with one attached hydrogen (secondary N) is 1. The van der Waals surface area contributed by atoms with Crippen molar-refractivity contribution in [2.24, 2.45) is 5.73 Å². The van der Waals surface area contributed by atoms with Crippen molar-refractivity contribution < 1.29 is 4.39 Å². The van der Waals surface area contributed by atoms with Crippen LogP contribution in [0, 0.1) is 17.7 Å². The Morgan fingerprint density at radius 3 is 2.80 bits per heavy atom. The summed E-state index contributed by atoms with van der Waals surface area (Å²) in [5.74, 6) is 5.00. The fourth-order valence-electron chi connectivity index (χ4n) is 1.70. The molecule has 1 aromatic heterocycles. The van der Waals surface area contributed by atoms with Gasteiger partial charge in [-0.2, -0.15) is 0 Å². The summed E-state index contributed by atoms with van der Waals surface area (Å²) < 4.78 is 14.5. The zero-order chi connectivity index (χ0) is 14.5. The van der Waals surface area contributed by atoms with E-state index >= 15 is 0 Å². The Hall–Kier alpha value is -2.65. The second-order valence-electron chi connectivity index (χ2n) is 4.05. The molecule has 0 amide bonds. The highest BCUT2D eigenvalue weighted by atomic mass is 19.1. The van der Waals surface area contributed by atoms with Gasteiger partial charge in [0.2, 0.25) is 0 Å². The molecule has 6 heteroatoms. The van der Waals surface area contributed by atoms with Crippen LogP contribution < -0.4 is 17.0 Å². The average molecular weight is 273 g/mol. The maximum absolute atomic E-state index is 13.2. The molecule has 0 aliphatic carbocycles. The zero-order valence-electron chi connectivity index (χ0n) is 10.5. The van der Waals surface area contributed by atoms with Gasteiger partial charge in [-0.05, 0) is 17.7 Å². The lowest BCUT2D eigenvalue weighted by molar-refractivity contribution is 0.625. The van der Waals surface area contributed by atoms with Crippen molar-refractivity contribution in [3.8, 4) is 11.8 Å². The van der Waals surface area contributed by atoms with Crippen molar-refractivity contribution >= 4 is 0 Å². The number of aromatic nitrogens is 2. The molecular formula is C14H12FN3O2. The van der Waals surface area contributed by atoms with Gasteiger partial charge >= 0.3 is 5.69 Å². The highest BCUT2D eigenvalue weighted by Crippen LogP contribution is 2.11. The number of hydrogen-bond donors (Lipinski definition) is 2. The maximum atomic E-state index is 13.2. The van der Waals surface area contributed by atoms with Gasteiger partial charge in [0.05, 0.1) is 13.1 Å². The van der Waals surface area contributed by atoms with E-state index in [1.165, 1.54) is 29.0 Å². The second-order valence-corrected chi connectivity index (χ2v) is 4.05.